The van der Waals surface area contributed by atoms with Gasteiger partial charge in [0.25, 0.3) is 0 Å². The van der Waals surface area contributed by atoms with Crippen molar-refractivity contribution in [3.05, 3.63) is 0 Å². The Morgan fingerprint density at radius 1 is 1.06 bits per heavy atom. The lowest BCUT2D eigenvalue weighted by molar-refractivity contribution is -0.0560. The van der Waals surface area contributed by atoms with E-state index >= 15 is 0 Å². The molecule has 1 aliphatic heterocycles. The van der Waals surface area contributed by atoms with Crippen molar-refractivity contribution in [3.8, 4) is 0 Å². The van der Waals surface area contributed by atoms with Crippen LogP contribution in [0.4, 0.5) is 0 Å². The number of aliphatic hydroxyl groups is 1. The molecule has 0 radical (unpaired) electrons. The molecule has 0 bridgehead atoms. The second kappa shape index (κ2) is 5.25. The number of hydrogen-bond donors (Lipinski definition) is 1. The largest absolute Gasteiger partial charge is 0.391 e. The summed E-state index contributed by atoms with van der Waals surface area (Å²) in [6, 6.07) is 0.394. The third-order valence-electron chi connectivity index (χ3n) is 4.71. The lowest BCUT2D eigenvalue weighted by Gasteiger charge is -2.45. The molecule has 3 heteroatoms. The highest BCUT2D eigenvalue weighted by Gasteiger charge is 2.40. The zero-order valence-electron chi connectivity index (χ0n) is 11.7. The molecule has 17 heavy (non-hydrogen) atoms. The van der Waals surface area contributed by atoms with E-state index in [1.54, 1.807) is 0 Å². The molecule has 1 aliphatic carbocycles. The topological polar surface area (TPSA) is 26.7 Å². The minimum atomic E-state index is -0.153. The van der Waals surface area contributed by atoms with Gasteiger partial charge in [0.15, 0.2) is 0 Å². The molecule has 0 aromatic rings. The minimum Gasteiger partial charge on any atom is -0.391 e. The van der Waals surface area contributed by atoms with Crippen LogP contribution in [0.1, 0.15) is 39.5 Å². The summed E-state index contributed by atoms with van der Waals surface area (Å²) in [7, 11) is 2.20. The van der Waals surface area contributed by atoms with Crippen LogP contribution in [0.25, 0.3) is 0 Å². The van der Waals surface area contributed by atoms with Crippen molar-refractivity contribution in [1.82, 2.24) is 9.80 Å². The second-order valence-electron chi connectivity index (χ2n) is 6.59. The third kappa shape index (κ3) is 3.01. The van der Waals surface area contributed by atoms with E-state index in [0.29, 0.717) is 6.04 Å². The van der Waals surface area contributed by atoms with E-state index in [-0.39, 0.29) is 11.5 Å². The molecule has 2 atom stereocenters. The lowest BCUT2D eigenvalue weighted by Crippen LogP contribution is -2.53. The SMILES string of the molecule is CN1CCCN(C2CCCC(C)(C)C2O)CC1. The van der Waals surface area contributed by atoms with Gasteiger partial charge >= 0.3 is 0 Å². The predicted molar refractivity (Wildman–Crippen MR) is 71.1 cm³/mol. The van der Waals surface area contributed by atoms with Gasteiger partial charge in [0.05, 0.1) is 6.10 Å². The molecule has 0 aromatic carbocycles. The first-order valence-corrected chi connectivity index (χ1v) is 7.11. The summed E-state index contributed by atoms with van der Waals surface area (Å²) in [6.45, 7) is 9.05. The molecule has 2 rings (SSSR count). The van der Waals surface area contributed by atoms with Gasteiger partial charge in [0.2, 0.25) is 0 Å². The van der Waals surface area contributed by atoms with Crippen molar-refractivity contribution >= 4 is 0 Å². The van der Waals surface area contributed by atoms with E-state index in [1.807, 2.05) is 0 Å². The Morgan fingerprint density at radius 3 is 2.59 bits per heavy atom. The van der Waals surface area contributed by atoms with Crippen LogP contribution in [0, 0.1) is 5.41 Å². The fourth-order valence-corrected chi connectivity index (χ4v) is 3.37. The molecule has 3 nitrogen and oxygen atoms in total. The number of nitrogens with zero attached hydrogens (tertiary/aromatic N) is 2. The maximum Gasteiger partial charge on any atom is 0.0746 e. The summed E-state index contributed by atoms with van der Waals surface area (Å²) in [4.78, 5) is 4.94. The third-order valence-corrected chi connectivity index (χ3v) is 4.71. The van der Waals surface area contributed by atoms with E-state index in [1.165, 1.54) is 32.2 Å². The Labute approximate surface area is 106 Å². The average molecular weight is 240 g/mol. The molecule has 0 aromatic heterocycles. The normalized spacial score (nSPS) is 36.7. The second-order valence-corrected chi connectivity index (χ2v) is 6.59. The summed E-state index contributed by atoms with van der Waals surface area (Å²) in [5.74, 6) is 0. The van der Waals surface area contributed by atoms with Crippen LogP contribution >= 0.6 is 0 Å². The van der Waals surface area contributed by atoms with E-state index in [9.17, 15) is 5.11 Å². The first-order valence-electron chi connectivity index (χ1n) is 7.11. The van der Waals surface area contributed by atoms with Crippen molar-refractivity contribution in [2.45, 2.75) is 51.7 Å². The number of rotatable bonds is 1. The molecule has 1 saturated heterocycles. The molecular formula is C14H28N2O. The van der Waals surface area contributed by atoms with E-state index in [0.717, 1.165) is 19.6 Å². The van der Waals surface area contributed by atoms with Crippen molar-refractivity contribution < 1.29 is 5.11 Å². The monoisotopic (exact) mass is 240 g/mol. The van der Waals surface area contributed by atoms with Gasteiger partial charge in [0, 0.05) is 19.1 Å². The molecule has 1 heterocycles. The minimum absolute atomic E-state index is 0.0983. The summed E-state index contributed by atoms with van der Waals surface area (Å²) in [6.07, 6.45) is 4.69. The van der Waals surface area contributed by atoms with E-state index in [2.05, 4.69) is 30.7 Å². The highest BCUT2D eigenvalue weighted by atomic mass is 16.3. The van der Waals surface area contributed by atoms with Crippen LogP contribution in [0.15, 0.2) is 0 Å². The van der Waals surface area contributed by atoms with Crippen molar-refractivity contribution in [1.29, 1.82) is 0 Å². The van der Waals surface area contributed by atoms with Gasteiger partial charge in [-0.25, -0.2) is 0 Å². The number of hydrogen-bond acceptors (Lipinski definition) is 3. The molecule has 0 spiro atoms. The van der Waals surface area contributed by atoms with Gasteiger partial charge in [-0.1, -0.05) is 20.3 Å². The Balaban J connectivity index is 2.00. The van der Waals surface area contributed by atoms with Gasteiger partial charge in [-0.05, 0) is 44.8 Å². The lowest BCUT2D eigenvalue weighted by atomic mass is 9.72. The molecule has 2 aliphatic rings. The van der Waals surface area contributed by atoms with Gasteiger partial charge in [0.1, 0.15) is 0 Å². The van der Waals surface area contributed by atoms with Gasteiger partial charge < -0.3 is 10.0 Å². The van der Waals surface area contributed by atoms with Gasteiger partial charge in [-0.2, -0.15) is 0 Å². The van der Waals surface area contributed by atoms with Crippen LogP contribution in [-0.4, -0.2) is 60.3 Å². The smallest absolute Gasteiger partial charge is 0.0746 e. The maximum atomic E-state index is 10.6. The van der Waals surface area contributed by atoms with Gasteiger partial charge in [-0.3, -0.25) is 4.90 Å². The Hall–Kier alpha value is -0.120. The molecule has 2 fully saturated rings. The molecule has 2 unspecified atom stereocenters. The Kier molecular flexibility index (Phi) is 4.11. The first kappa shape index (κ1) is 13.3. The molecular weight excluding hydrogens is 212 g/mol. The van der Waals surface area contributed by atoms with Crippen LogP contribution < -0.4 is 0 Å². The highest BCUT2D eigenvalue weighted by molar-refractivity contribution is 4.93. The van der Waals surface area contributed by atoms with Gasteiger partial charge in [-0.15, -0.1) is 0 Å². The molecule has 1 N–H and O–H groups in total. The van der Waals surface area contributed by atoms with E-state index in [4.69, 9.17) is 0 Å². The van der Waals surface area contributed by atoms with Crippen molar-refractivity contribution in [2.24, 2.45) is 5.41 Å². The standard InChI is InChI=1S/C14H28N2O/c1-14(2)7-4-6-12(13(14)17)16-9-5-8-15(3)10-11-16/h12-13,17H,4-11H2,1-3H3. The van der Waals surface area contributed by atoms with E-state index < -0.39 is 0 Å². The van der Waals surface area contributed by atoms with Crippen LogP contribution in [0.2, 0.25) is 0 Å². The van der Waals surface area contributed by atoms with Crippen molar-refractivity contribution in [2.75, 3.05) is 33.2 Å². The average Bonchev–Trinajstić information content (AvgIpc) is 2.47. The fourth-order valence-electron chi connectivity index (χ4n) is 3.37. The summed E-state index contributed by atoms with van der Waals surface area (Å²) in [5, 5.41) is 10.6. The Morgan fingerprint density at radius 2 is 1.82 bits per heavy atom. The summed E-state index contributed by atoms with van der Waals surface area (Å²) in [5.41, 5.74) is 0.0983. The predicted octanol–water partition coefficient (Wildman–Crippen LogP) is 1.56. The first-order chi connectivity index (χ1) is 8.00. The highest BCUT2D eigenvalue weighted by Crippen LogP contribution is 2.37. The zero-order valence-corrected chi connectivity index (χ0v) is 11.7. The molecule has 1 saturated carbocycles. The number of likely N-dealkylation sites (N-methyl/N-ethyl adjacent to an activating group) is 1. The van der Waals surface area contributed by atoms with Crippen LogP contribution in [-0.2, 0) is 0 Å². The number of aliphatic hydroxyl groups excluding tert-OH is 1. The van der Waals surface area contributed by atoms with Crippen LogP contribution in [0.5, 0.6) is 0 Å². The zero-order chi connectivity index (χ0) is 12.5. The molecule has 0 amide bonds. The van der Waals surface area contributed by atoms with Crippen molar-refractivity contribution in [3.63, 3.8) is 0 Å². The maximum absolute atomic E-state index is 10.6. The molecule has 100 valence electrons. The summed E-state index contributed by atoms with van der Waals surface area (Å²) >= 11 is 0. The quantitative estimate of drug-likeness (QED) is 0.753. The summed E-state index contributed by atoms with van der Waals surface area (Å²) < 4.78 is 0. The fraction of sp³-hybridized carbons (Fsp3) is 1.00. The Bertz CT molecular complexity index is 255. The van der Waals surface area contributed by atoms with Crippen LogP contribution in [0.3, 0.4) is 0 Å².